The molecule has 1 unspecified atom stereocenters. The minimum absolute atomic E-state index is 0.000644. The van der Waals surface area contributed by atoms with Gasteiger partial charge >= 0.3 is 6.03 Å². The van der Waals surface area contributed by atoms with E-state index in [9.17, 15) is 14.7 Å². The lowest BCUT2D eigenvalue weighted by atomic mass is 9.96. The zero-order valence-electron chi connectivity index (χ0n) is 16.8. The van der Waals surface area contributed by atoms with Gasteiger partial charge in [-0.25, -0.2) is 4.79 Å². The number of hydrogen-bond donors (Lipinski definition) is 3. The molecule has 2 aliphatic rings. The van der Waals surface area contributed by atoms with Gasteiger partial charge in [-0.15, -0.1) is 0 Å². The topological polar surface area (TPSA) is 90.9 Å². The van der Waals surface area contributed by atoms with Crippen LogP contribution in [0.2, 0.25) is 0 Å². The second-order valence-electron chi connectivity index (χ2n) is 7.84. The molecule has 3 N–H and O–H groups in total. The highest BCUT2D eigenvalue weighted by molar-refractivity contribution is 5.92. The number of carbonyl (C=O) groups excluding carboxylic acids is 2. The van der Waals surface area contributed by atoms with E-state index in [1.165, 1.54) is 0 Å². The predicted molar refractivity (Wildman–Crippen MR) is 114 cm³/mol. The van der Waals surface area contributed by atoms with E-state index in [2.05, 4.69) is 10.6 Å². The molecule has 7 heteroatoms. The van der Waals surface area contributed by atoms with Crippen LogP contribution < -0.4 is 10.6 Å². The fraction of sp³-hybridized carbons (Fsp3) is 0.391. The van der Waals surface area contributed by atoms with E-state index in [0.717, 1.165) is 37.2 Å². The molecule has 2 heterocycles. The van der Waals surface area contributed by atoms with E-state index >= 15 is 0 Å². The number of benzene rings is 2. The van der Waals surface area contributed by atoms with Gasteiger partial charge in [-0.05, 0) is 54.2 Å². The van der Waals surface area contributed by atoms with E-state index in [4.69, 9.17) is 4.74 Å². The van der Waals surface area contributed by atoms with Gasteiger partial charge in [-0.3, -0.25) is 4.79 Å². The largest absolute Gasteiger partial charge is 0.394 e. The van der Waals surface area contributed by atoms with E-state index in [0.29, 0.717) is 30.3 Å². The van der Waals surface area contributed by atoms with Crippen LogP contribution >= 0.6 is 0 Å². The smallest absolute Gasteiger partial charge is 0.322 e. The standard InChI is InChI=1S/C23H27N3O4/c27-15-21-20-4-2-1-3-17(20)14-26(21)23(29)25-19-7-5-18(6-8-19)24-22(28)13-16-9-11-30-12-10-16/h1-8,16,21,27H,9-15H2,(H,24,28)(H,25,29). The molecule has 1 atom stereocenters. The maximum absolute atomic E-state index is 12.8. The fourth-order valence-electron chi connectivity index (χ4n) is 4.13. The van der Waals surface area contributed by atoms with Gasteiger partial charge in [0.1, 0.15) is 0 Å². The molecule has 1 fully saturated rings. The lowest BCUT2D eigenvalue weighted by molar-refractivity contribution is -0.117. The summed E-state index contributed by atoms with van der Waals surface area (Å²) in [5, 5.41) is 15.6. The summed E-state index contributed by atoms with van der Waals surface area (Å²) >= 11 is 0. The van der Waals surface area contributed by atoms with E-state index in [1.807, 2.05) is 24.3 Å². The van der Waals surface area contributed by atoms with Crippen LogP contribution in [0.4, 0.5) is 16.2 Å². The Bertz CT molecular complexity index is 894. The number of carbonyl (C=O) groups is 2. The van der Waals surface area contributed by atoms with Crippen LogP contribution in [0, 0.1) is 5.92 Å². The fourth-order valence-corrected chi connectivity index (χ4v) is 4.13. The second-order valence-corrected chi connectivity index (χ2v) is 7.84. The van der Waals surface area contributed by atoms with Gasteiger partial charge in [-0.1, -0.05) is 24.3 Å². The van der Waals surface area contributed by atoms with Crippen LogP contribution in [-0.2, 0) is 16.1 Å². The summed E-state index contributed by atoms with van der Waals surface area (Å²) in [6.45, 7) is 1.80. The summed E-state index contributed by atoms with van der Waals surface area (Å²) in [5.41, 5.74) is 3.37. The number of amides is 3. The van der Waals surface area contributed by atoms with Gasteiger partial charge in [0.2, 0.25) is 5.91 Å². The number of rotatable bonds is 5. The van der Waals surface area contributed by atoms with Gasteiger partial charge in [0.15, 0.2) is 0 Å². The number of ether oxygens (including phenoxy) is 1. The van der Waals surface area contributed by atoms with Gasteiger partial charge in [0, 0.05) is 37.6 Å². The summed E-state index contributed by atoms with van der Waals surface area (Å²) in [6, 6.07) is 14.2. The molecule has 0 aliphatic carbocycles. The lowest BCUT2D eigenvalue weighted by Crippen LogP contribution is -2.35. The molecule has 4 rings (SSSR count). The van der Waals surface area contributed by atoms with Crippen LogP contribution in [-0.4, -0.2) is 41.8 Å². The molecule has 30 heavy (non-hydrogen) atoms. The molecular formula is C23H27N3O4. The van der Waals surface area contributed by atoms with Gasteiger partial charge < -0.3 is 25.4 Å². The highest BCUT2D eigenvalue weighted by Crippen LogP contribution is 2.33. The number of aliphatic hydroxyl groups excluding tert-OH is 1. The number of nitrogens with one attached hydrogen (secondary N) is 2. The Morgan fingerprint density at radius 3 is 2.37 bits per heavy atom. The molecule has 0 bridgehead atoms. The van der Waals surface area contributed by atoms with Gasteiger partial charge in [0.05, 0.1) is 12.6 Å². The van der Waals surface area contributed by atoms with Crippen LogP contribution in [0.15, 0.2) is 48.5 Å². The van der Waals surface area contributed by atoms with Crippen LogP contribution in [0.5, 0.6) is 0 Å². The maximum atomic E-state index is 12.8. The molecule has 1 saturated heterocycles. The Hall–Kier alpha value is -2.90. The van der Waals surface area contributed by atoms with Crippen molar-refractivity contribution >= 4 is 23.3 Å². The first kappa shape index (κ1) is 20.4. The van der Waals surface area contributed by atoms with Crippen molar-refractivity contribution in [1.29, 1.82) is 0 Å². The normalized spacial score (nSPS) is 18.7. The van der Waals surface area contributed by atoms with Crippen molar-refractivity contribution < 1.29 is 19.4 Å². The molecule has 0 spiro atoms. The van der Waals surface area contributed by atoms with E-state index in [-0.39, 0.29) is 24.6 Å². The summed E-state index contributed by atoms with van der Waals surface area (Å²) in [5.74, 6) is 0.376. The van der Waals surface area contributed by atoms with Crippen molar-refractivity contribution in [3.63, 3.8) is 0 Å². The number of fused-ring (bicyclic) bond motifs is 1. The first-order valence-electron chi connectivity index (χ1n) is 10.4. The van der Waals surface area contributed by atoms with Gasteiger partial charge in [0.25, 0.3) is 0 Å². The van der Waals surface area contributed by atoms with Crippen LogP contribution in [0.25, 0.3) is 0 Å². The van der Waals surface area contributed by atoms with Crippen LogP contribution in [0.3, 0.4) is 0 Å². The average Bonchev–Trinajstić information content (AvgIpc) is 3.14. The molecule has 2 aromatic carbocycles. The molecule has 2 aromatic rings. The minimum atomic E-state index is -0.343. The quantitative estimate of drug-likeness (QED) is 0.705. The third-order valence-corrected chi connectivity index (χ3v) is 5.80. The van der Waals surface area contributed by atoms with E-state index in [1.54, 1.807) is 29.2 Å². The van der Waals surface area contributed by atoms with Crippen molar-refractivity contribution in [1.82, 2.24) is 4.90 Å². The Morgan fingerprint density at radius 2 is 1.67 bits per heavy atom. The third kappa shape index (κ3) is 4.63. The summed E-state index contributed by atoms with van der Waals surface area (Å²) in [6.07, 6.45) is 2.35. The molecule has 3 amide bonds. The molecule has 158 valence electrons. The highest BCUT2D eigenvalue weighted by Gasteiger charge is 2.32. The summed E-state index contributed by atoms with van der Waals surface area (Å²) < 4.78 is 5.33. The Balaban J connectivity index is 1.32. The zero-order chi connectivity index (χ0) is 20.9. The van der Waals surface area contributed by atoms with Crippen molar-refractivity contribution in [3.8, 4) is 0 Å². The molecule has 7 nitrogen and oxygen atoms in total. The van der Waals surface area contributed by atoms with Crippen molar-refractivity contribution in [2.45, 2.75) is 31.8 Å². The number of nitrogens with zero attached hydrogens (tertiary/aromatic N) is 1. The zero-order valence-corrected chi connectivity index (χ0v) is 16.8. The Kier molecular flexibility index (Phi) is 6.30. The monoisotopic (exact) mass is 409 g/mol. The Labute approximate surface area is 176 Å². The number of aliphatic hydroxyl groups is 1. The third-order valence-electron chi connectivity index (χ3n) is 5.80. The minimum Gasteiger partial charge on any atom is -0.394 e. The highest BCUT2D eigenvalue weighted by atomic mass is 16.5. The average molecular weight is 409 g/mol. The summed E-state index contributed by atoms with van der Waals surface area (Å²) in [7, 11) is 0. The summed E-state index contributed by atoms with van der Waals surface area (Å²) in [4.78, 5) is 26.6. The number of urea groups is 1. The molecule has 0 radical (unpaired) electrons. The number of hydrogen-bond acceptors (Lipinski definition) is 4. The first-order chi connectivity index (χ1) is 14.6. The molecule has 0 saturated carbocycles. The maximum Gasteiger partial charge on any atom is 0.322 e. The van der Waals surface area contributed by atoms with Crippen molar-refractivity contribution in [3.05, 3.63) is 59.7 Å². The predicted octanol–water partition coefficient (Wildman–Crippen LogP) is 3.52. The van der Waals surface area contributed by atoms with Crippen LogP contribution in [0.1, 0.15) is 36.4 Å². The Morgan fingerprint density at radius 1 is 1.00 bits per heavy atom. The second kappa shape index (κ2) is 9.28. The molecular weight excluding hydrogens is 382 g/mol. The van der Waals surface area contributed by atoms with Crippen molar-refractivity contribution in [2.24, 2.45) is 5.92 Å². The number of anilines is 2. The van der Waals surface area contributed by atoms with Gasteiger partial charge in [-0.2, -0.15) is 0 Å². The molecule has 0 aromatic heterocycles. The lowest BCUT2D eigenvalue weighted by Gasteiger charge is -2.24. The first-order valence-corrected chi connectivity index (χ1v) is 10.4. The molecule has 2 aliphatic heterocycles. The van der Waals surface area contributed by atoms with E-state index < -0.39 is 0 Å². The van der Waals surface area contributed by atoms with Crippen molar-refractivity contribution in [2.75, 3.05) is 30.5 Å². The SMILES string of the molecule is O=C(CC1CCOCC1)Nc1ccc(NC(=O)N2Cc3ccccc3C2CO)cc1.